The van der Waals surface area contributed by atoms with Crippen LogP contribution in [0, 0.1) is 0 Å². The maximum atomic E-state index is 10.3. The molecular formula is C14H20N8O3. The normalized spacial score (nSPS) is 29.0. The first kappa shape index (κ1) is 17.4. The summed E-state index contributed by atoms with van der Waals surface area (Å²) in [5.41, 5.74) is 14.6. The van der Waals surface area contributed by atoms with Crippen LogP contribution in [0.1, 0.15) is 19.8 Å². The number of aliphatic hydroxyl groups is 2. The third-order valence-electron chi connectivity index (χ3n) is 4.68. The Morgan fingerprint density at radius 1 is 1.48 bits per heavy atom. The number of rotatable bonds is 6. The van der Waals surface area contributed by atoms with E-state index in [0.717, 1.165) is 0 Å². The Morgan fingerprint density at radius 3 is 3.00 bits per heavy atom. The van der Waals surface area contributed by atoms with E-state index in [4.69, 9.17) is 16.0 Å². The van der Waals surface area contributed by atoms with E-state index < -0.39 is 23.9 Å². The molecule has 134 valence electrons. The molecule has 11 heteroatoms. The van der Waals surface area contributed by atoms with E-state index in [-0.39, 0.29) is 6.61 Å². The first-order valence-corrected chi connectivity index (χ1v) is 7.93. The fourth-order valence-corrected chi connectivity index (χ4v) is 3.22. The molecular weight excluding hydrogens is 328 g/mol. The van der Waals surface area contributed by atoms with Crippen molar-refractivity contribution in [1.82, 2.24) is 19.5 Å². The molecule has 3 rings (SSSR count). The van der Waals surface area contributed by atoms with Crippen LogP contribution in [0.25, 0.3) is 21.6 Å². The molecule has 2 aromatic rings. The molecule has 3 heterocycles. The molecule has 2 aromatic heterocycles. The zero-order valence-corrected chi connectivity index (χ0v) is 13.7. The highest BCUT2D eigenvalue weighted by molar-refractivity contribution is 5.80. The van der Waals surface area contributed by atoms with Crippen molar-refractivity contribution < 1.29 is 14.9 Å². The predicted molar refractivity (Wildman–Crippen MR) is 88.3 cm³/mol. The molecule has 0 amide bonds. The number of fused-ring (bicyclic) bond motifs is 1. The number of anilines is 1. The lowest BCUT2D eigenvalue weighted by molar-refractivity contribution is -0.0243. The maximum absolute atomic E-state index is 10.3. The van der Waals surface area contributed by atoms with E-state index in [1.54, 1.807) is 13.3 Å². The summed E-state index contributed by atoms with van der Waals surface area (Å²) < 4.78 is 7.54. The van der Waals surface area contributed by atoms with Crippen molar-refractivity contribution in [2.45, 2.75) is 50.2 Å². The SMILES string of the molecule is C[C@]1(N=[N+]=[N-])C(CCCn2cnc3c(N)ncnc32)O[C@H](CO)[C@H]1O. The van der Waals surface area contributed by atoms with Gasteiger partial charge in [-0.25, -0.2) is 15.0 Å². The number of aliphatic hydroxyl groups excluding tert-OH is 2. The minimum absolute atomic E-state index is 0.327. The monoisotopic (exact) mass is 348 g/mol. The van der Waals surface area contributed by atoms with Gasteiger partial charge >= 0.3 is 0 Å². The van der Waals surface area contributed by atoms with Crippen LogP contribution >= 0.6 is 0 Å². The minimum atomic E-state index is -1.12. The second-order valence-corrected chi connectivity index (χ2v) is 6.22. The minimum Gasteiger partial charge on any atom is -0.394 e. The fraction of sp³-hybridized carbons (Fsp3) is 0.643. The molecule has 1 aliphatic rings. The highest BCUT2D eigenvalue weighted by atomic mass is 16.5. The van der Waals surface area contributed by atoms with Gasteiger partial charge in [0.1, 0.15) is 23.5 Å². The van der Waals surface area contributed by atoms with E-state index in [1.807, 2.05) is 4.57 Å². The topological polar surface area (TPSA) is 168 Å². The van der Waals surface area contributed by atoms with E-state index in [9.17, 15) is 10.2 Å². The van der Waals surface area contributed by atoms with Crippen LogP contribution < -0.4 is 5.73 Å². The highest BCUT2D eigenvalue weighted by Crippen LogP contribution is 2.37. The van der Waals surface area contributed by atoms with Crippen molar-refractivity contribution in [1.29, 1.82) is 0 Å². The second-order valence-electron chi connectivity index (χ2n) is 6.22. The van der Waals surface area contributed by atoms with Gasteiger partial charge in [0.05, 0.1) is 25.1 Å². The van der Waals surface area contributed by atoms with Crippen LogP contribution in [0.15, 0.2) is 17.8 Å². The van der Waals surface area contributed by atoms with Crippen LogP contribution in [-0.2, 0) is 11.3 Å². The molecule has 0 spiro atoms. The number of nitrogens with zero attached hydrogens (tertiary/aromatic N) is 7. The lowest BCUT2D eigenvalue weighted by atomic mass is 9.87. The van der Waals surface area contributed by atoms with Crippen molar-refractivity contribution >= 4 is 17.0 Å². The van der Waals surface area contributed by atoms with Gasteiger partial charge in [0.15, 0.2) is 11.5 Å². The fourth-order valence-electron chi connectivity index (χ4n) is 3.22. The lowest BCUT2D eigenvalue weighted by Crippen LogP contribution is -2.44. The smallest absolute Gasteiger partial charge is 0.165 e. The molecule has 1 fully saturated rings. The molecule has 25 heavy (non-hydrogen) atoms. The van der Waals surface area contributed by atoms with Crippen LogP contribution in [0.2, 0.25) is 0 Å². The highest BCUT2D eigenvalue weighted by Gasteiger charge is 2.51. The largest absolute Gasteiger partial charge is 0.394 e. The Bertz CT molecular complexity index is 804. The summed E-state index contributed by atoms with van der Waals surface area (Å²) in [6.07, 6.45) is 1.91. The van der Waals surface area contributed by atoms with E-state index in [2.05, 4.69) is 25.0 Å². The molecule has 0 bridgehead atoms. The van der Waals surface area contributed by atoms with Crippen molar-refractivity contribution in [2.24, 2.45) is 5.11 Å². The van der Waals surface area contributed by atoms with Crippen LogP contribution in [-0.4, -0.2) is 60.2 Å². The first-order chi connectivity index (χ1) is 12.0. The molecule has 0 aliphatic carbocycles. The summed E-state index contributed by atoms with van der Waals surface area (Å²) in [6, 6.07) is 0. The molecule has 1 unspecified atom stereocenters. The summed E-state index contributed by atoms with van der Waals surface area (Å²) in [5.74, 6) is 0.327. The molecule has 4 N–H and O–H groups in total. The van der Waals surface area contributed by atoms with E-state index in [0.29, 0.717) is 36.4 Å². The number of nitrogen functional groups attached to an aromatic ring is 1. The number of aryl methyl sites for hydroxylation is 1. The Kier molecular flexibility index (Phi) is 4.73. The van der Waals surface area contributed by atoms with Gasteiger partial charge in [-0.3, -0.25) is 0 Å². The third kappa shape index (κ3) is 2.98. The summed E-state index contributed by atoms with van der Waals surface area (Å²) in [5, 5.41) is 23.3. The van der Waals surface area contributed by atoms with Gasteiger partial charge in [0.25, 0.3) is 0 Å². The quantitative estimate of drug-likeness (QED) is 0.385. The van der Waals surface area contributed by atoms with Crippen LogP contribution in [0.5, 0.6) is 0 Å². The number of hydrogen-bond donors (Lipinski definition) is 3. The van der Waals surface area contributed by atoms with E-state index >= 15 is 0 Å². The van der Waals surface area contributed by atoms with Gasteiger partial charge in [-0.05, 0) is 25.3 Å². The van der Waals surface area contributed by atoms with Gasteiger partial charge < -0.3 is 25.3 Å². The Labute approximate surface area is 143 Å². The van der Waals surface area contributed by atoms with Crippen molar-refractivity contribution in [3.8, 4) is 0 Å². The van der Waals surface area contributed by atoms with Crippen LogP contribution in [0.4, 0.5) is 5.82 Å². The van der Waals surface area contributed by atoms with Crippen molar-refractivity contribution in [3.63, 3.8) is 0 Å². The zero-order valence-electron chi connectivity index (χ0n) is 13.7. The summed E-state index contributed by atoms with van der Waals surface area (Å²) in [7, 11) is 0. The molecule has 4 atom stereocenters. The Hall–Kier alpha value is -2.46. The summed E-state index contributed by atoms with van der Waals surface area (Å²) in [6.45, 7) is 1.90. The van der Waals surface area contributed by atoms with E-state index in [1.165, 1.54) is 6.33 Å². The lowest BCUT2D eigenvalue weighted by Gasteiger charge is -2.27. The second kappa shape index (κ2) is 6.81. The molecule has 0 radical (unpaired) electrons. The third-order valence-corrected chi connectivity index (χ3v) is 4.68. The molecule has 0 saturated carbocycles. The Balaban J connectivity index is 1.70. The van der Waals surface area contributed by atoms with Gasteiger partial charge in [0.2, 0.25) is 0 Å². The number of aromatic nitrogens is 4. The Morgan fingerprint density at radius 2 is 2.28 bits per heavy atom. The summed E-state index contributed by atoms with van der Waals surface area (Å²) >= 11 is 0. The number of imidazole rings is 1. The van der Waals surface area contributed by atoms with Gasteiger partial charge in [-0.15, -0.1) is 0 Å². The van der Waals surface area contributed by atoms with Crippen molar-refractivity contribution in [2.75, 3.05) is 12.3 Å². The molecule has 11 nitrogen and oxygen atoms in total. The average molecular weight is 348 g/mol. The van der Waals surface area contributed by atoms with Gasteiger partial charge in [0, 0.05) is 11.5 Å². The number of nitrogens with two attached hydrogens (primary N) is 1. The first-order valence-electron chi connectivity index (χ1n) is 7.93. The standard InChI is InChI=1S/C14H20N8O3/c1-14(20-21-16)9(25-8(5-23)11(14)24)3-2-4-22-7-19-10-12(15)17-6-18-13(10)22/h6-9,11,23-24H,2-5H2,1H3,(H2,15,17,18)/t8-,9?,11-,14+/m1/s1. The molecule has 1 saturated heterocycles. The summed E-state index contributed by atoms with van der Waals surface area (Å²) in [4.78, 5) is 15.1. The number of hydrogen-bond acceptors (Lipinski definition) is 8. The van der Waals surface area contributed by atoms with Gasteiger partial charge in [-0.2, -0.15) is 0 Å². The molecule has 1 aliphatic heterocycles. The van der Waals surface area contributed by atoms with Gasteiger partial charge in [-0.1, -0.05) is 5.11 Å². The number of azide groups is 1. The average Bonchev–Trinajstić information content (AvgIpc) is 3.11. The maximum Gasteiger partial charge on any atom is 0.165 e. The van der Waals surface area contributed by atoms with Crippen molar-refractivity contribution in [3.05, 3.63) is 23.1 Å². The number of ether oxygens (including phenoxy) is 1. The molecule has 0 aromatic carbocycles. The predicted octanol–water partition coefficient (Wildman–Crippen LogP) is 0.378. The van der Waals surface area contributed by atoms with Crippen LogP contribution in [0.3, 0.4) is 0 Å². The zero-order chi connectivity index (χ0) is 18.0.